The molecule has 0 radical (unpaired) electrons. The summed E-state index contributed by atoms with van der Waals surface area (Å²) in [6, 6.07) is 4.46. The average molecular weight is 625 g/mol. The summed E-state index contributed by atoms with van der Waals surface area (Å²) >= 11 is 11.8. The predicted octanol–water partition coefficient (Wildman–Crippen LogP) is 7.06. The molecule has 1 saturated carbocycles. The van der Waals surface area contributed by atoms with Crippen LogP contribution in [0.3, 0.4) is 0 Å². The summed E-state index contributed by atoms with van der Waals surface area (Å²) in [5, 5.41) is 13.4. The number of hydrogen-bond donors (Lipinski definition) is 2. The Morgan fingerprint density at radius 1 is 1.23 bits per heavy atom. The van der Waals surface area contributed by atoms with Gasteiger partial charge in [-0.2, -0.15) is 13.2 Å². The van der Waals surface area contributed by atoms with Crippen molar-refractivity contribution in [3.05, 3.63) is 58.5 Å². The number of hydrogen-bond acceptors (Lipinski definition) is 5. The maximum atomic E-state index is 14.5. The number of nitrogens with zero attached hydrogens (tertiary/aromatic N) is 2. The molecule has 1 fully saturated rings. The standard InChI is InChI=1S/C27H35Cl2F4N3O3Si/c1-26(2,3)40(4,5)39-20-10-17(11-20)23(25(38)35-24-21(30)12-19(29)14-34-24)36(22(37)13-28)15-16-6-8-18(9-7-16)27(31,32)33/h6-9,12,14,17,20,22-23,37H,10-11,13,15H2,1-5H3,(H,34,35,38). The summed E-state index contributed by atoms with van der Waals surface area (Å²) in [6.07, 6.45) is -3.73. The summed E-state index contributed by atoms with van der Waals surface area (Å²) < 4.78 is 60.2. The van der Waals surface area contributed by atoms with E-state index in [4.69, 9.17) is 27.6 Å². The lowest BCUT2D eigenvalue weighted by Crippen LogP contribution is -2.58. The first kappa shape index (κ1) is 32.7. The highest BCUT2D eigenvalue weighted by molar-refractivity contribution is 6.74. The Morgan fingerprint density at radius 3 is 2.33 bits per heavy atom. The highest BCUT2D eigenvalue weighted by Crippen LogP contribution is 2.43. The van der Waals surface area contributed by atoms with Crippen LogP contribution in [-0.4, -0.2) is 53.5 Å². The van der Waals surface area contributed by atoms with E-state index in [9.17, 15) is 27.5 Å². The molecule has 2 N–H and O–H groups in total. The Labute approximate surface area is 243 Å². The average Bonchev–Trinajstić information content (AvgIpc) is 2.82. The zero-order valence-electron chi connectivity index (χ0n) is 23.0. The number of carbonyl (C=O) groups is 1. The minimum atomic E-state index is -4.50. The van der Waals surface area contributed by atoms with Gasteiger partial charge in [-0.15, -0.1) is 11.6 Å². The fraction of sp³-hybridized carbons (Fsp3) is 0.556. The molecule has 3 rings (SSSR count). The Hall–Kier alpha value is -1.76. The van der Waals surface area contributed by atoms with Crippen LogP contribution in [0.15, 0.2) is 36.5 Å². The maximum Gasteiger partial charge on any atom is 0.416 e. The van der Waals surface area contributed by atoms with Gasteiger partial charge in [-0.05, 0) is 60.7 Å². The number of alkyl halides is 4. The zero-order chi connectivity index (χ0) is 30.0. The summed E-state index contributed by atoms with van der Waals surface area (Å²) in [5.74, 6) is -2.38. The highest BCUT2D eigenvalue weighted by atomic mass is 35.5. The van der Waals surface area contributed by atoms with Gasteiger partial charge in [0, 0.05) is 18.8 Å². The van der Waals surface area contributed by atoms with Gasteiger partial charge in [0.25, 0.3) is 0 Å². The molecule has 13 heteroatoms. The van der Waals surface area contributed by atoms with Crippen molar-refractivity contribution >= 4 is 43.2 Å². The number of pyridine rings is 1. The van der Waals surface area contributed by atoms with Crippen molar-refractivity contribution in [3.8, 4) is 0 Å². The smallest absolute Gasteiger partial charge is 0.414 e. The lowest BCUT2D eigenvalue weighted by atomic mass is 9.76. The quantitative estimate of drug-likeness (QED) is 0.128. The van der Waals surface area contributed by atoms with Crippen LogP contribution in [0.25, 0.3) is 0 Å². The molecule has 1 aromatic heterocycles. The van der Waals surface area contributed by atoms with Crippen molar-refractivity contribution in [1.29, 1.82) is 0 Å². The van der Waals surface area contributed by atoms with Crippen LogP contribution in [-0.2, 0) is 21.9 Å². The number of anilines is 1. The lowest BCUT2D eigenvalue weighted by molar-refractivity contribution is -0.137. The SMILES string of the molecule is CC(C)(C)[Si](C)(C)OC1CC(C(C(=O)Nc2ncc(Cl)cc2F)N(Cc2ccc(C(F)(F)F)cc2)C(O)CCl)C1. The molecule has 1 aliphatic carbocycles. The fourth-order valence-electron chi connectivity index (χ4n) is 4.37. The fourth-order valence-corrected chi connectivity index (χ4v) is 6.08. The normalized spacial score (nSPS) is 19.7. The first-order valence-corrected chi connectivity index (χ1v) is 16.7. The lowest BCUT2D eigenvalue weighted by Gasteiger charge is -2.48. The number of nitrogens with one attached hydrogen (secondary N) is 1. The number of aliphatic hydroxyl groups is 1. The van der Waals surface area contributed by atoms with E-state index in [1.165, 1.54) is 23.2 Å². The van der Waals surface area contributed by atoms with Gasteiger partial charge in [-0.3, -0.25) is 9.69 Å². The number of carbonyl (C=O) groups excluding carboxylic acids is 1. The summed E-state index contributed by atoms with van der Waals surface area (Å²) in [5.41, 5.74) is -0.386. The van der Waals surface area contributed by atoms with Crippen molar-refractivity contribution in [2.24, 2.45) is 5.92 Å². The molecule has 0 aliphatic heterocycles. The van der Waals surface area contributed by atoms with Gasteiger partial charge in [0.2, 0.25) is 5.91 Å². The third kappa shape index (κ3) is 7.95. The van der Waals surface area contributed by atoms with Crippen LogP contribution in [0.4, 0.5) is 23.4 Å². The first-order valence-electron chi connectivity index (χ1n) is 12.9. The molecule has 2 atom stereocenters. The molecule has 0 saturated heterocycles. The van der Waals surface area contributed by atoms with E-state index in [-0.39, 0.29) is 40.3 Å². The van der Waals surface area contributed by atoms with E-state index in [2.05, 4.69) is 44.2 Å². The number of amides is 1. The van der Waals surface area contributed by atoms with Crippen molar-refractivity contribution in [3.63, 3.8) is 0 Å². The van der Waals surface area contributed by atoms with Gasteiger partial charge < -0.3 is 14.8 Å². The second-order valence-electron chi connectivity index (χ2n) is 11.7. The van der Waals surface area contributed by atoms with Gasteiger partial charge in [0.15, 0.2) is 20.0 Å². The molecular weight excluding hydrogens is 589 g/mol. The van der Waals surface area contributed by atoms with Crippen LogP contribution < -0.4 is 5.32 Å². The van der Waals surface area contributed by atoms with Crippen LogP contribution in [0.5, 0.6) is 0 Å². The Morgan fingerprint density at radius 2 is 1.82 bits per heavy atom. The van der Waals surface area contributed by atoms with Crippen LogP contribution >= 0.6 is 23.2 Å². The zero-order valence-corrected chi connectivity index (χ0v) is 25.5. The first-order chi connectivity index (χ1) is 18.4. The van der Waals surface area contributed by atoms with E-state index in [0.29, 0.717) is 18.4 Å². The van der Waals surface area contributed by atoms with Gasteiger partial charge in [0.1, 0.15) is 6.23 Å². The molecule has 222 valence electrons. The molecule has 1 heterocycles. The molecule has 1 aliphatic rings. The van der Waals surface area contributed by atoms with E-state index < -0.39 is 44.1 Å². The Bertz CT molecular complexity index is 1170. The van der Waals surface area contributed by atoms with Gasteiger partial charge in [-0.1, -0.05) is 44.5 Å². The second-order valence-corrected chi connectivity index (χ2v) is 17.2. The van der Waals surface area contributed by atoms with Crippen LogP contribution in [0.2, 0.25) is 23.2 Å². The summed E-state index contributed by atoms with van der Waals surface area (Å²) in [7, 11) is -2.09. The molecule has 40 heavy (non-hydrogen) atoms. The molecule has 6 nitrogen and oxygen atoms in total. The topological polar surface area (TPSA) is 74.7 Å². The van der Waals surface area contributed by atoms with Crippen molar-refractivity contribution in [2.45, 2.75) is 82.8 Å². The molecule has 1 amide bonds. The minimum Gasteiger partial charge on any atom is -0.414 e. The van der Waals surface area contributed by atoms with E-state index in [1.807, 2.05) is 0 Å². The molecule has 0 bridgehead atoms. The summed E-state index contributed by atoms with van der Waals surface area (Å²) in [6.45, 7) is 10.6. The Balaban J connectivity index is 1.90. The minimum absolute atomic E-state index is 0.0178. The van der Waals surface area contributed by atoms with E-state index >= 15 is 0 Å². The number of rotatable bonds is 10. The molecule has 2 unspecified atom stereocenters. The molecule has 2 aromatic rings. The maximum absolute atomic E-state index is 14.5. The number of halogens is 6. The van der Waals surface area contributed by atoms with E-state index in [0.717, 1.165) is 18.2 Å². The number of aromatic nitrogens is 1. The van der Waals surface area contributed by atoms with Gasteiger partial charge in [0.05, 0.1) is 22.5 Å². The number of benzene rings is 1. The second kappa shape index (κ2) is 12.6. The molecular formula is C27H35Cl2F4N3O3Si. The van der Waals surface area contributed by atoms with Crippen molar-refractivity contribution < 1.29 is 31.9 Å². The predicted molar refractivity (Wildman–Crippen MR) is 150 cm³/mol. The van der Waals surface area contributed by atoms with Gasteiger partial charge in [-0.25, -0.2) is 9.37 Å². The Kier molecular flexibility index (Phi) is 10.3. The third-order valence-electron chi connectivity index (χ3n) is 7.69. The largest absolute Gasteiger partial charge is 0.416 e. The van der Waals surface area contributed by atoms with Crippen molar-refractivity contribution in [2.75, 3.05) is 11.2 Å². The van der Waals surface area contributed by atoms with Gasteiger partial charge >= 0.3 is 6.18 Å². The monoisotopic (exact) mass is 623 g/mol. The molecule has 0 spiro atoms. The van der Waals surface area contributed by atoms with E-state index in [1.54, 1.807) is 0 Å². The highest BCUT2D eigenvalue weighted by Gasteiger charge is 2.47. The molecule has 1 aromatic carbocycles. The van der Waals surface area contributed by atoms with Crippen LogP contribution in [0, 0.1) is 11.7 Å². The van der Waals surface area contributed by atoms with Crippen LogP contribution in [0.1, 0.15) is 44.7 Å². The number of aliphatic hydroxyl groups excluding tert-OH is 1. The summed E-state index contributed by atoms with van der Waals surface area (Å²) in [4.78, 5) is 18.9. The third-order valence-corrected chi connectivity index (χ3v) is 12.7. The van der Waals surface area contributed by atoms with Crippen molar-refractivity contribution in [1.82, 2.24) is 9.88 Å².